The summed E-state index contributed by atoms with van der Waals surface area (Å²) in [4.78, 5) is 11.3. The van der Waals surface area contributed by atoms with Crippen LogP contribution in [0.1, 0.15) is 23.6 Å². The molecule has 0 radical (unpaired) electrons. The van der Waals surface area contributed by atoms with Gasteiger partial charge in [0.15, 0.2) is 0 Å². The molecule has 0 atom stereocenters. The van der Waals surface area contributed by atoms with Crippen LogP contribution in [-0.4, -0.2) is 13.3 Å². The second-order valence-electron chi connectivity index (χ2n) is 5.12. The van der Waals surface area contributed by atoms with E-state index in [2.05, 4.69) is 4.74 Å². The molecular weight excluding hydrogens is 335 g/mol. The van der Waals surface area contributed by atoms with Gasteiger partial charge in [-0.2, -0.15) is 0 Å². The number of methoxy groups -OCH3 is 1. The molecule has 0 amide bonds. The molecule has 2 rings (SSSR count). The first-order chi connectivity index (χ1) is 11.5. The lowest BCUT2D eigenvalue weighted by atomic mass is 10.1. The molecule has 128 valence electrons. The highest BCUT2D eigenvalue weighted by Gasteiger charge is 2.15. The molecule has 2 aromatic rings. The highest BCUT2D eigenvalue weighted by atomic mass is 35.5. The van der Waals surface area contributed by atoms with Crippen LogP contribution < -0.4 is 9.47 Å². The summed E-state index contributed by atoms with van der Waals surface area (Å²) in [5.41, 5.74) is 2.26. The van der Waals surface area contributed by atoms with Gasteiger partial charge in [0.1, 0.15) is 23.9 Å². The highest BCUT2D eigenvalue weighted by molar-refractivity contribution is 6.32. The third-order valence-corrected chi connectivity index (χ3v) is 3.87. The highest BCUT2D eigenvalue weighted by Crippen LogP contribution is 2.31. The summed E-state index contributed by atoms with van der Waals surface area (Å²) in [6.07, 6.45) is -0.0703. The van der Waals surface area contributed by atoms with Crippen LogP contribution in [0.3, 0.4) is 0 Å². The minimum Gasteiger partial charge on any atom is -0.487 e. The first kappa shape index (κ1) is 18.1. The number of carbonyl (C=O) groups is 1. The van der Waals surface area contributed by atoms with Crippen LogP contribution in [0.2, 0.25) is 5.02 Å². The SMILES string of the molecule is CCc1cc(Cl)c(OCc2c(F)cccc2OC(=O)OC)cc1C. The number of ether oxygens (including phenoxy) is 3. The summed E-state index contributed by atoms with van der Waals surface area (Å²) in [6, 6.07) is 7.80. The van der Waals surface area contributed by atoms with Crippen molar-refractivity contribution in [2.24, 2.45) is 0 Å². The fourth-order valence-corrected chi connectivity index (χ4v) is 2.48. The summed E-state index contributed by atoms with van der Waals surface area (Å²) < 4.78 is 29.1. The lowest BCUT2D eigenvalue weighted by molar-refractivity contribution is 0.120. The molecule has 2 aromatic carbocycles. The number of hydrogen-bond donors (Lipinski definition) is 0. The van der Waals surface area contributed by atoms with Gasteiger partial charge in [-0.05, 0) is 48.7 Å². The number of carbonyl (C=O) groups excluding carboxylic acids is 1. The van der Waals surface area contributed by atoms with Crippen LogP contribution in [0.15, 0.2) is 30.3 Å². The number of hydrogen-bond acceptors (Lipinski definition) is 4. The van der Waals surface area contributed by atoms with E-state index in [1.165, 1.54) is 25.3 Å². The van der Waals surface area contributed by atoms with Crippen molar-refractivity contribution in [3.8, 4) is 11.5 Å². The van der Waals surface area contributed by atoms with Gasteiger partial charge >= 0.3 is 6.16 Å². The fraction of sp³-hybridized carbons (Fsp3) is 0.278. The number of aryl methyl sites for hydroxylation is 2. The summed E-state index contributed by atoms with van der Waals surface area (Å²) in [6.45, 7) is 3.86. The van der Waals surface area contributed by atoms with Crippen LogP contribution in [0.4, 0.5) is 9.18 Å². The van der Waals surface area contributed by atoms with E-state index in [4.69, 9.17) is 21.1 Å². The van der Waals surface area contributed by atoms with Crippen molar-refractivity contribution in [1.82, 2.24) is 0 Å². The molecule has 0 spiro atoms. The Morgan fingerprint density at radius 2 is 2.00 bits per heavy atom. The number of benzene rings is 2. The van der Waals surface area contributed by atoms with Crippen LogP contribution in [0, 0.1) is 12.7 Å². The van der Waals surface area contributed by atoms with Gasteiger partial charge in [-0.1, -0.05) is 24.6 Å². The maximum absolute atomic E-state index is 14.1. The normalized spacial score (nSPS) is 10.4. The number of halogens is 2. The molecule has 0 aromatic heterocycles. The predicted octanol–water partition coefficient (Wildman–Crippen LogP) is 5.07. The Labute approximate surface area is 145 Å². The minimum absolute atomic E-state index is 0.0415. The van der Waals surface area contributed by atoms with Gasteiger partial charge in [-0.25, -0.2) is 9.18 Å². The molecule has 0 bridgehead atoms. The Bertz CT molecular complexity index is 746. The van der Waals surface area contributed by atoms with E-state index in [1.54, 1.807) is 0 Å². The molecule has 0 aliphatic carbocycles. The van der Waals surface area contributed by atoms with Gasteiger partial charge in [0.25, 0.3) is 0 Å². The van der Waals surface area contributed by atoms with E-state index in [1.807, 2.05) is 26.0 Å². The standard InChI is InChI=1S/C18H18ClFO4/c1-4-12-9-14(19)17(8-11(12)2)23-10-13-15(20)6-5-7-16(13)24-18(21)22-3/h5-9H,4,10H2,1-3H3. The molecule has 0 aliphatic heterocycles. The average Bonchev–Trinajstić information content (AvgIpc) is 2.56. The van der Waals surface area contributed by atoms with Gasteiger partial charge < -0.3 is 14.2 Å². The summed E-state index contributed by atoms with van der Waals surface area (Å²) >= 11 is 6.21. The molecule has 4 nitrogen and oxygen atoms in total. The summed E-state index contributed by atoms with van der Waals surface area (Å²) in [5, 5.41) is 0.448. The molecule has 0 saturated carbocycles. The molecule has 0 heterocycles. The molecule has 6 heteroatoms. The molecule has 0 fully saturated rings. The van der Waals surface area contributed by atoms with Crippen LogP contribution >= 0.6 is 11.6 Å². The molecule has 0 aliphatic rings. The van der Waals surface area contributed by atoms with E-state index < -0.39 is 12.0 Å². The summed E-state index contributed by atoms with van der Waals surface area (Å²) in [5.74, 6) is -0.0621. The van der Waals surface area contributed by atoms with Crippen molar-refractivity contribution in [2.75, 3.05) is 7.11 Å². The zero-order chi connectivity index (χ0) is 17.7. The third kappa shape index (κ3) is 4.17. The lowest BCUT2D eigenvalue weighted by Gasteiger charge is -2.14. The molecule has 0 N–H and O–H groups in total. The van der Waals surface area contributed by atoms with Gasteiger partial charge in [-0.15, -0.1) is 0 Å². The third-order valence-electron chi connectivity index (χ3n) is 3.58. The van der Waals surface area contributed by atoms with Crippen molar-refractivity contribution in [3.63, 3.8) is 0 Å². The Kier molecular flexibility index (Phi) is 6.04. The first-order valence-electron chi connectivity index (χ1n) is 7.41. The average molecular weight is 353 g/mol. The van der Waals surface area contributed by atoms with Crippen molar-refractivity contribution in [2.45, 2.75) is 26.9 Å². The van der Waals surface area contributed by atoms with Gasteiger partial charge in [0, 0.05) is 0 Å². The van der Waals surface area contributed by atoms with E-state index in [0.717, 1.165) is 17.5 Å². The molecule has 0 unspecified atom stereocenters. The Morgan fingerprint density at radius 1 is 1.25 bits per heavy atom. The Morgan fingerprint density at radius 3 is 2.67 bits per heavy atom. The summed E-state index contributed by atoms with van der Waals surface area (Å²) in [7, 11) is 1.18. The van der Waals surface area contributed by atoms with Crippen LogP contribution in [0.25, 0.3) is 0 Å². The van der Waals surface area contributed by atoms with Gasteiger partial charge in [0.2, 0.25) is 0 Å². The van der Waals surface area contributed by atoms with Crippen LogP contribution in [0.5, 0.6) is 11.5 Å². The molecule has 0 saturated heterocycles. The first-order valence-corrected chi connectivity index (χ1v) is 7.79. The van der Waals surface area contributed by atoms with E-state index in [-0.39, 0.29) is 17.9 Å². The van der Waals surface area contributed by atoms with E-state index in [9.17, 15) is 9.18 Å². The quantitative estimate of drug-likeness (QED) is 0.556. The van der Waals surface area contributed by atoms with E-state index in [0.29, 0.717) is 10.8 Å². The van der Waals surface area contributed by atoms with Crippen molar-refractivity contribution in [3.05, 3.63) is 57.9 Å². The maximum Gasteiger partial charge on any atom is 0.513 e. The Balaban J connectivity index is 2.23. The van der Waals surface area contributed by atoms with Crippen molar-refractivity contribution >= 4 is 17.8 Å². The minimum atomic E-state index is -0.928. The fourth-order valence-electron chi connectivity index (χ4n) is 2.24. The zero-order valence-electron chi connectivity index (χ0n) is 13.7. The number of rotatable bonds is 5. The smallest absolute Gasteiger partial charge is 0.487 e. The lowest BCUT2D eigenvalue weighted by Crippen LogP contribution is -2.11. The topological polar surface area (TPSA) is 44.8 Å². The van der Waals surface area contributed by atoms with Gasteiger partial charge in [-0.3, -0.25) is 0 Å². The second-order valence-corrected chi connectivity index (χ2v) is 5.53. The van der Waals surface area contributed by atoms with E-state index >= 15 is 0 Å². The van der Waals surface area contributed by atoms with Crippen molar-refractivity contribution in [1.29, 1.82) is 0 Å². The van der Waals surface area contributed by atoms with Gasteiger partial charge in [0.05, 0.1) is 17.7 Å². The largest absolute Gasteiger partial charge is 0.513 e. The maximum atomic E-state index is 14.1. The molecular formula is C18H18ClFO4. The zero-order valence-corrected chi connectivity index (χ0v) is 14.4. The van der Waals surface area contributed by atoms with Crippen molar-refractivity contribution < 1.29 is 23.4 Å². The molecule has 24 heavy (non-hydrogen) atoms. The Hall–Kier alpha value is -2.27. The van der Waals surface area contributed by atoms with Crippen LogP contribution in [-0.2, 0) is 17.8 Å². The second kappa shape index (κ2) is 8.02. The monoisotopic (exact) mass is 352 g/mol. The predicted molar refractivity (Wildman–Crippen MR) is 89.3 cm³/mol.